The average Bonchev–Trinajstić information content (AvgIpc) is 2.94. The summed E-state index contributed by atoms with van der Waals surface area (Å²) in [5, 5.41) is 3.58. The number of halogens is 1. The first-order chi connectivity index (χ1) is 10.7. The number of imidazole rings is 1. The number of para-hydroxylation sites is 2. The monoisotopic (exact) mass is 313 g/mol. The second kappa shape index (κ2) is 6.62. The van der Waals surface area contributed by atoms with Gasteiger partial charge in [0.1, 0.15) is 0 Å². The van der Waals surface area contributed by atoms with Gasteiger partial charge in [0, 0.05) is 24.5 Å². The SMILES string of the molecule is O=C(CCn1cnc2ccccc21)NCc1cccc(Cl)c1. The van der Waals surface area contributed by atoms with Gasteiger partial charge in [0.15, 0.2) is 0 Å². The predicted octanol–water partition coefficient (Wildman–Crippen LogP) is 3.40. The Morgan fingerprint density at radius 1 is 1.18 bits per heavy atom. The van der Waals surface area contributed by atoms with E-state index in [4.69, 9.17) is 11.6 Å². The van der Waals surface area contributed by atoms with Gasteiger partial charge >= 0.3 is 0 Å². The highest BCUT2D eigenvalue weighted by Gasteiger charge is 2.05. The first-order valence-corrected chi connectivity index (χ1v) is 7.51. The van der Waals surface area contributed by atoms with Gasteiger partial charge < -0.3 is 9.88 Å². The first-order valence-electron chi connectivity index (χ1n) is 7.13. The molecule has 0 aliphatic carbocycles. The summed E-state index contributed by atoms with van der Waals surface area (Å²) in [5.41, 5.74) is 2.99. The van der Waals surface area contributed by atoms with Crippen molar-refractivity contribution in [2.45, 2.75) is 19.5 Å². The van der Waals surface area contributed by atoms with E-state index in [-0.39, 0.29) is 5.91 Å². The Bertz CT molecular complexity index is 797. The number of carbonyl (C=O) groups excluding carboxylic acids is 1. The highest BCUT2D eigenvalue weighted by molar-refractivity contribution is 6.30. The van der Waals surface area contributed by atoms with Gasteiger partial charge in [-0.1, -0.05) is 35.9 Å². The third kappa shape index (κ3) is 3.46. The Kier molecular flexibility index (Phi) is 4.39. The van der Waals surface area contributed by atoms with Crippen molar-refractivity contribution >= 4 is 28.5 Å². The molecule has 112 valence electrons. The number of aryl methyl sites for hydroxylation is 1. The lowest BCUT2D eigenvalue weighted by atomic mass is 10.2. The Balaban J connectivity index is 1.54. The maximum absolute atomic E-state index is 12.0. The molecule has 1 amide bonds. The largest absolute Gasteiger partial charge is 0.352 e. The molecule has 3 rings (SSSR count). The Morgan fingerprint density at radius 2 is 2.05 bits per heavy atom. The van der Waals surface area contributed by atoms with Gasteiger partial charge in [-0.2, -0.15) is 0 Å². The van der Waals surface area contributed by atoms with E-state index in [1.54, 1.807) is 6.33 Å². The molecule has 0 atom stereocenters. The minimum absolute atomic E-state index is 0.0118. The average molecular weight is 314 g/mol. The Hall–Kier alpha value is -2.33. The van der Waals surface area contributed by atoms with E-state index in [9.17, 15) is 4.79 Å². The molecule has 1 heterocycles. The summed E-state index contributed by atoms with van der Waals surface area (Å²) in [4.78, 5) is 16.3. The van der Waals surface area contributed by atoms with Gasteiger partial charge in [-0.05, 0) is 29.8 Å². The van der Waals surface area contributed by atoms with E-state index in [1.165, 1.54) is 0 Å². The highest BCUT2D eigenvalue weighted by atomic mass is 35.5. The molecule has 5 heteroatoms. The summed E-state index contributed by atoms with van der Waals surface area (Å²) in [7, 11) is 0. The van der Waals surface area contributed by atoms with Crippen LogP contribution in [0.1, 0.15) is 12.0 Å². The van der Waals surface area contributed by atoms with Crippen LogP contribution in [-0.4, -0.2) is 15.5 Å². The smallest absolute Gasteiger partial charge is 0.222 e. The molecular formula is C17H16ClN3O. The zero-order valence-electron chi connectivity index (χ0n) is 12.0. The second-order valence-corrected chi connectivity index (χ2v) is 5.52. The Labute approximate surface area is 133 Å². The van der Waals surface area contributed by atoms with Crippen LogP contribution < -0.4 is 5.32 Å². The summed E-state index contributed by atoms with van der Waals surface area (Å²) >= 11 is 5.92. The molecule has 0 spiro atoms. The minimum atomic E-state index is 0.0118. The third-order valence-corrected chi connectivity index (χ3v) is 3.72. The van der Waals surface area contributed by atoms with E-state index in [0.29, 0.717) is 24.5 Å². The highest BCUT2D eigenvalue weighted by Crippen LogP contribution is 2.12. The van der Waals surface area contributed by atoms with Crippen molar-refractivity contribution in [1.82, 2.24) is 14.9 Å². The van der Waals surface area contributed by atoms with Crippen LogP contribution in [0.5, 0.6) is 0 Å². The van der Waals surface area contributed by atoms with Crippen molar-refractivity contribution in [3.63, 3.8) is 0 Å². The van der Waals surface area contributed by atoms with Gasteiger partial charge in [0.2, 0.25) is 5.91 Å². The predicted molar refractivity (Wildman–Crippen MR) is 87.6 cm³/mol. The van der Waals surface area contributed by atoms with Gasteiger partial charge in [-0.3, -0.25) is 4.79 Å². The molecule has 2 aromatic carbocycles. The number of hydrogen-bond donors (Lipinski definition) is 1. The molecule has 0 radical (unpaired) electrons. The molecule has 1 aromatic heterocycles. The van der Waals surface area contributed by atoms with Crippen LogP contribution >= 0.6 is 11.6 Å². The third-order valence-electron chi connectivity index (χ3n) is 3.49. The molecule has 22 heavy (non-hydrogen) atoms. The van der Waals surface area contributed by atoms with Gasteiger partial charge in [0.05, 0.1) is 17.4 Å². The molecule has 0 aliphatic rings. The maximum Gasteiger partial charge on any atom is 0.222 e. The normalized spacial score (nSPS) is 10.8. The number of benzene rings is 2. The molecule has 0 saturated heterocycles. The molecule has 0 aliphatic heterocycles. The summed E-state index contributed by atoms with van der Waals surface area (Å²) in [6.45, 7) is 1.10. The second-order valence-electron chi connectivity index (χ2n) is 5.08. The van der Waals surface area contributed by atoms with Crippen LogP contribution in [0.4, 0.5) is 0 Å². The van der Waals surface area contributed by atoms with E-state index in [0.717, 1.165) is 16.6 Å². The van der Waals surface area contributed by atoms with Crippen molar-refractivity contribution in [2.75, 3.05) is 0 Å². The molecule has 0 saturated carbocycles. The topological polar surface area (TPSA) is 46.9 Å². The van der Waals surface area contributed by atoms with E-state index in [2.05, 4.69) is 10.3 Å². The van der Waals surface area contributed by atoms with Crippen LogP contribution in [0.15, 0.2) is 54.9 Å². The minimum Gasteiger partial charge on any atom is -0.352 e. The van der Waals surface area contributed by atoms with Gasteiger partial charge in [0.25, 0.3) is 0 Å². The Morgan fingerprint density at radius 3 is 2.91 bits per heavy atom. The fourth-order valence-electron chi connectivity index (χ4n) is 2.35. The first kappa shape index (κ1) is 14.6. The van der Waals surface area contributed by atoms with Crippen molar-refractivity contribution in [3.8, 4) is 0 Å². The number of nitrogens with zero attached hydrogens (tertiary/aromatic N) is 2. The fourth-order valence-corrected chi connectivity index (χ4v) is 2.56. The number of aromatic nitrogens is 2. The number of amides is 1. The van der Waals surface area contributed by atoms with E-state index < -0.39 is 0 Å². The number of carbonyl (C=O) groups is 1. The van der Waals surface area contributed by atoms with Crippen molar-refractivity contribution < 1.29 is 4.79 Å². The van der Waals surface area contributed by atoms with E-state index in [1.807, 2.05) is 53.1 Å². The van der Waals surface area contributed by atoms with Crippen molar-refractivity contribution in [2.24, 2.45) is 0 Å². The van der Waals surface area contributed by atoms with Crippen molar-refractivity contribution in [1.29, 1.82) is 0 Å². The molecule has 0 fully saturated rings. The van der Waals surface area contributed by atoms with E-state index >= 15 is 0 Å². The summed E-state index contributed by atoms with van der Waals surface area (Å²) in [6.07, 6.45) is 2.19. The lowest BCUT2D eigenvalue weighted by Crippen LogP contribution is -2.23. The molecule has 0 bridgehead atoms. The van der Waals surface area contributed by atoms with Gasteiger partial charge in [-0.25, -0.2) is 4.98 Å². The molecule has 3 aromatic rings. The maximum atomic E-state index is 12.0. The molecule has 0 unspecified atom stereocenters. The molecular weight excluding hydrogens is 298 g/mol. The zero-order valence-corrected chi connectivity index (χ0v) is 12.8. The van der Waals surface area contributed by atoms with Crippen LogP contribution in [0, 0.1) is 0 Å². The number of hydrogen-bond acceptors (Lipinski definition) is 2. The molecule has 1 N–H and O–H groups in total. The number of fused-ring (bicyclic) bond motifs is 1. The van der Waals surface area contributed by atoms with Gasteiger partial charge in [-0.15, -0.1) is 0 Å². The molecule has 4 nitrogen and oxygen atoms in total. The number of nitrogens with one attached hydrogen (secondary N) is 1. The van der Waals surface area contributed by atoms with Crippen LogP contribution in [-0.2, 0) is 17.9 Å². The standard InChI is InChI=1S/C17H16ClN3O/c18-14-5-3-4-13(10-14)11-19-17(22)8-9-21-12-20-15-6-1-2-7-16(15)21/h1-7,10,12H,8-9,11H2,(H,19,22). The summed E-state index contributed by atoms with van der Waals surface area (Å²) in [6, 6.07) is 15.4. The van der Waals surface area contributed by atoms with Crippen molar-refractivity contribution in [3.05, 3.63) is 65.4 Å². The number of rotatable bonds is 5. The fraction of sp³-hybridized carbons (Fsp3) is 0.176. The summed E-state index contributed by atoms with van der Waals surface area (Å²) < 4.78 is 1.99. The quantitative estimate of drug-likeness (QED) is 0.785. The van der Waals surface area contributed by atoms with Crippen LogP contribution in [0.2, 0.25) is 5.02 Å². The van der Waals surface area contributed by atoms with Crippen LogP contribution in [0.3, 0.4) is 0 Å². The van der Waals surface area contributed by atoms with Crippen LogP contribution in [0.25, 0.3) is 11.0 Å². The summed E-state index contributed by atoms with van der Waals surface area (Å²) in [5.74, 6) is 0.0118. The zero-order chi connectivity index (χ0) is 15.4. The lowest BCUT2D eigenvalue weighted by molar-refractivity contribution is -0.121. The lowest BCUT2D eigenvalue weighted by Gasteiger charge is -2.07.